The third-order valence-corrected chi connectivity index (χ3v) is 6.59. The Balaban J connectivity index is 3.04. The van der Waals surface area contributed by atoms with Gasteiger partial charge < -0.3 is 66.5 Å². The lowest BCUT2D eigenvalue weighted by atomic mass is 10.2. The predicted molar refractivity (Wildman–Crippen MR) is 188 cm³/mol. The van der Waals surface area contributed by atoms with E-state index in [0.717, 1.165) is 31.9 Å². The van der Waals surface area contributed by atoms with Gasteiger partial charge in [-0.3, -0.25) is 0 Å². The number of nitrogens with zero attached hydrogens (tertiary/aromatic N) is 1. The van der Waals surface area contributed by atoms with Gasteiger partial charge in [0, 0.05) is 19.0 Å². The van der Waals surface area contributed by atoms with Crippen LogP contribution in [0.15, 0.2) is 0 Å². The SMILES string of the molecule is CN(C)CCOCCOCCOCCOCCOCCOCCOCCOCCOCCOCCOCCOCCOCCCCCCCl. The summed E-state index contributed by atoms with van der Waals surface area (Å²) in [6.07, 6.45) is 4.50. The van der Waals surface area contributed by atoms with Crippen LogP contribution in [0.25, 0.3) is 0 Å². The molecule has 0 fully saturated rings. The van der Waals surface area contributed by atoms with Crippen molar-refractivity contribution in [3.05, 3.63) is 0 Å². The summed E-state index contributed by atoms with van der Waals surface area (Å²) in [7, 11) is 4.04. The molecule has 0 atom stereocenters. The van der Waals surface area contributed by atoms with Crippen molar-refractivity contribution in [1.29, 1.82) is 0 Å². The maximum Gasteiger partial charge on any atom is 0.0701 e. The second-order valence-electron chi connectivity index (χ2n) is 10.9. The molecule has 15 heteroatoms. The molecule has 0 amide bonds. The number of likely N-dealkylation sites (N-methyl/N-ethyl adjacent to an activating group) is 1. The van der Waals surface area contributed by atoms with Gasteiger partial charge in [-0.25, -0.2) is 0 Å². The summed E-state index contributed by atoms with van der Waals surface area (Å²) in [6.45, 7) is 15.3. The molecule has 0 unspecified atom stereocenters. The van der Waals surface area contributed by atoms with E-state index in [9.17, 15) is 0 Å². The van der Waals surface area contributed by atoms with E-state index >= 15 is 0 Å². The van der Waals surface area contributed by atoms with Crippen molar-refractivity contribution in [2.75, 3.05) is 198 Å². The number of hydrogen-bond donors (Lipinski definition) is 0. The monoisotopic (exact) mass is 735 g/mol. The molecule has 49 heavy (non-hydrogen) atoms. The van der Waals surface area contributed by atoms with Crippen LogP contribution >= 0.6 is 11.6 Å². The minimum atomic E-state index is 0.512. The highest BCUT2D eigenvalue weighted by molar-refractivity contribution is 6.17. The Morgan fingerprint density at radius 1 is 0.265 bits per heavy atom. The van der Waals surface area contributed by atoms with E-state index in [1.807, 2.05) is 14.1 Å². The lowest BCUT2D eigenvalue weighted by Crippen LogP contribution is -2.19. The molecule has 0 aliphatic rings. The average Bonchev–Trinajstić information content (AvgIpc) is 3.10. The number of halogens is 1. The molecule has 0 aliphatic heterocycles. The first kappa shape index (κ1) is 48.7. The summed E-state index contributed by atoms with van der Waals surface area (Å²) >= 11 is 5.66. The Morgan fingerprint density at radius 3 is 0.694 bits per heavy atom. The van der Waals surface area contributed by atoms with E-state index in [-0.39, 0.29) is 0 Å². The van der Waals surface area contributed by atoms with Gasteiger partial charge in [-0.15, -0.1) is 11.6 Å². The summed E-state index contributed by atoms with van der Waals surface area (Å²) in [4.78, 5) is 2.08. The van der Waals surface area contributed by atoms with Gasteiger partial charge in [0.25, 0.3) is 0 Å². The minimum Gasteiger partial charge on any atom is -0.379 e. The Bertz CT molecular complexity index is 588. The van der Waals surface area contributed by atoms with Gasteiger partial charge in [0.1, 0.15) is 0 Å². The zero-order valence-corrected chi connectivity index (χ0v) is 31.5. The molecule has 0 bridgehead atoms. The molecule has 0 rings (SSSR count). The molecular formula is C34H70ClNO13. The Kier molecular flexibility index (Phi) is 45.5. The fourth-order valence-electron chi connectivity index (χ4n) is 3.64. The van der Waals surface area contributed by atoms with Crippen LogP contribution in [0, 0.1) is 0 Å². The largest absolute Gasteiger partial charge is 0.379 e. The summed E-state index contributed by atoms with van der Waals surface area (Å²) < 4.78 is 71.3. The lowest BCUT2D eigenvalue weighted by molar-refractivity contribution is -0.0291. The fourth-order valence-corrected chi connectivity index (χ4v) is 3.83. The fraction of sp³-hybridized carbons (Fsp3) is 1.00. The minimum absolute atomic E-state index is 0.512. The third-order valence-electron chi connectivity index (χ3n) is 6.32. The second kappa shape index (κ2) is 45.8. The van der Waals surface area contributed by atoms with E-state index in [1.165, 1.54) is 12.8 Å². The zero-order chi connectivity index (χ0) is 35.4. The Labute approximate surface area is 301 Å². The zero-order valence-electron chi connectivity index (χ0n) is 30.8. The topological polar surface area (TPSA) is 123 Å². The predicted octanol–water partition coefficient (Wildman–Crippen LogP) is 2.56. The summed E-state index contributed by atoms with van der Waals surface area (Å²) in [5, 5.41) is 0. The van der Waals surface area contributed by atoms with E-state index in [2.05, 4.69) is 4.90 Å². The maximum absolute atomic E-state index is 5.66. The first-order valence-corrected chi connectivity index (χ1v) is 18.5. The van der Waals surface area contributed by atoms with Crippen molar-refractivity contribution in [2.45, 2.75) is 25.7 Å². The molecule has 0 saturated heterocycles. The number of hydrogen-bond acceptors (Lipinski definition) is 14. The second-order valence-corrected chi connectivity index (χ2v) is 11.2. The highest BCUT2D eigenvalue weighted by atomic mass is 35.5. The first-order valence-electron chi connectivity index (χ1n) is 18.0. The van der Waals surface area contributed by atoms with Gasteiger partial charge in [0.2, 0.25) is 0 Å². The van der Waals surface area contributed by atoms with Crippen molar-refractivity contribution in [3.8, 4) is 0 Å². The number of unbranched alkanes of at least 4 members (excludes halogenated alkanes) is 3. The molecule has 0 spiro atoms. The van der Waals surface area contributed by atoms with Gasteiger partial charge in [0.05, 0.1) is 165 Å². The number of rotatable bonds is 45. The molecule has 14 nitrogen and oxygen atoms in total. The number of ether oxygens (including phenoxy) is 13. The van der Waals surface area contributed by atoms with Crippen molar-refractivity contribution >= 4 is 11.6 Å². The molecule has 0 heterocycles. The smallest absolute Gasteiger partial charge is 0.0701 e. The van der Waals surface area contributed by atoms with Crippen LogP contribution in [0.1, 0.15) is 25.7 Å². The average molecular weight is 736 g/mol. The summed E-state index contributed by atoms with van der Waals surface area (Å²) in [5.74, 6) is 0.743. The van der Waals surface area contributed by atoms with Crippen molar-refractivity contribution in [1.82, 2.24) is 4.90 Å². The van der Waals surface area contributed by atoms with Crippen LogP contribution in [0.5, 0.6) is 0 Å². The van der Waals surface area contributed by atoms with E-state index < -0.39 is 0 Å². The lowest BCUT2D eigenvalue weighted by Gasteiger charge is -2.10. The van der Waals surface area contributed by atoms with Crippen LogP contribution in [-0.4, -0.2) is 203 Å². The van der Waals surface area contributed by atoms with Gasteiger partial charge in [-0.05, 0) is 26.9 Å². The van der Waals surface area contributed by atoms with Crippen LogP contribution in [-0.2, 0) is 61.6 Å². The molecule has 0 radical (unpaired) electrons. The van der Waals surface area contributed by atoms with Crippen molar-refractivity contribution < 1.29 is 61.6 Å². The molecule has 0 saturated carbocycles. The van der Waals surface area contributed by atoms with Crippen molar-refractivity contribution in [3.63, 3.8) is 0 Å². The third kappa shape index (κ3) is 47.7. The molecule has 0 aliphatic carbocycles. The van der Waals surface area contributed by atoms with Crippen LogP contribution < -0.4 is 0 Å². The van der Waals surface area contributed by atoms with Gasteiger partial charge in [0.15, 0.2) is 0 Å². The summed E-state index contributed by atoms with van der Waals surface area (Å²) in [5.41, 5.74) is 0. The van der Waals surface area contributed by atoms with Gasteiger partial charge >= 0.3 is 0 Å². The molecule has 0 aromatic heterocycles. The normalized spacial score (nSPS) is 11.8. The van der Waals surface area contributed by atoms with Crippen LogP contribution in [0.3, 0.4) is 0 Å². The van der Waals surface area contributed by atoms with E-state index in [1.54, 1.807) is 0 Å². The summed E-state index contributed by atoms with van der Waals surface area (Å²) in [6, 6.07) is 0. The van der Waals surface area contributed by atoms with E-state index in [4.69, 9.17) is 73.2 Å². The molecule has 0 aromatic rings. The standard InChI is InChI=1S/C34H70ClNO13/c1-36(2)8-10-38-12-14-40-16-18-42-20-22-44-24-26-46-28-30-48-32-34-49-33-31-47-29-27-45-25-23-43-21-19-41-17-15-39-13-11-37-9-6-4-3-5-7-35/h3-34H2,1-2H3. The number of alkyl halides is 1. The van der Waals surface area contributed by atoms with Gasteiger partial charge in [-0.1, -0.05) is 12.8 Å². The quantitative estimate of drug-likeness (QED) is 0.0673. The highest BCUT2D eigenvalue weighted by Gasteiger charge is 1.97. The Morgan fingerprint density at radius 2 is 0.469 bits per heavy atom. The van der Waals surface area contributed by atoms with Gasteiger partial charge in [-0.2, -0.15) is 0 Å². The van der Waals surface area contributed by atoms with Crippen LogP contribution in [0.2, 0.25) is 0 Å². The molecule has 0 N–H and O–H groups in total. The molecule has 296 valence electrons. The Hall–Kier alpha value is -0.270. The first-order chi connectivity index (χ1) is 24.3. The highest BCUT2D eigenvalue weighted by Crippen LogP contribution is 2.01. The molecular weight excluding hydrogens is 666 g/mol. The van der Waals surface area contributed by atoms with E-state index in [0.29, 0.717) is 165 Å². The van der Waals surface area contributed by atoms with Crippen molar-refractivity contribution in [2.24, 2.45) is 0 Å². The maximum atomic E-state index is 5.66. The molecule has 0 aromatic carbocycles. The van der Waals surface area contributed by atoms with Crippen LogP contribution in [0.4, 0.5) is 0 Å².